The number of amides is 1. The summed E-state index contributed by atoms with van der Waals surface area (Å²) in [5.41, 5.74) is 1.02. The van der Waals surface area contributed by atoms with E-state index in [0.29, 0.717) is 11.3 Å². The number of benzene rings is 1. The fraction of sp³-hybridized carbons (Fsp3) is 0. The van der Waals surface area contributed by atoms with Crippen molar-refractivity contribution in [1.82, 2.24) is 4.98 Å². The summed E-state index contributed by atoms with van der Waals surface area (Å²) in [5.74, 6) is -1.43. The molecule has 0 atom stereocenters. The van der Waals surface area contributed by atoms with Gasteiger partial charge >= 0.3 is 5.97 Å². The van der Waals surface area contributed by atoms with Crippen LogP contribution >= 0.6 is 0 Å². The number of carbonyl (C=O) groups is 2. The Balaban J connectivity index is 2.37. The van der Waals surface area contributed by atoms with E-state index in [1.807, 2.05) is 0 Å². The van der Waals surface area contributed by atoms with Crippen LogP contribution in [0.25, 0.3) is 0 Å². The molecule has 0 aliphatic carbocycles. The van der Waals surface area contributed by atoms with Crippen LogP contribution in [0.4, 0.5) is 5.69 Å². The summed E-state index contributed by atoms with van der Waals surface area (Å²) in [7, 11) is 0. The molecular weight excluding hydrogens is 256 g/mol. The fourth-order valence-corrected chi connectivity index (χ4v) is 1.63. The van der Waals surface area contributed by atoms with Gasteiger partial charge in [0, 0.05) is 30.2 Å². The van der Waals surface area contributed by atoms with Crippen LogP contribution in [0.2, 0.25) is 0 Å². The largest absolute Gasteiger partial charge is 0.478 e. The fourth-order valence-electron chi connectivity index (χ4n) is 1.63. The standard InChI is InChI=1S/C15H12N2O3/c18-14(19)8-11-17(13-6-9-16-10-7-13)15(20)12-4-2-1-3-5-12/h1-11H,(H,18,19)/b11-8+. The molecule has 1 amide bonds. The lowest BCUT2D eigenvalue weighted by Gasteiger charge is -2.18. The van der Waals surface area contributed by atoms with Gasteiger partial charge in [-0.2, -0.15) is 0 Å². The molecule has 0 spiro atoms. The third-order valence-electron chi connectivity index (χ3n) is 2.55. The quantitative estimate of drug-likeness (QED) is 0.864. The zero-order chi connectivity index (χ0) is 14.4. The van der Waals surface area contributed by atoms with Gasteiger partial charge in [-0.3, -0.25) is 14.7 Å². The monoisotopic (exact) mass is 268 g/mol. The molecule has 0 saturated carbocycles. The van der Waals surface area contributed by atoms with E-state index in [-0.39, 0.29) is 5.91 Å². The summed E-state index contributed by atoms with van der Waals surface area (Å²) in [5, 5.41) is 8.72. The molecule has 1 heterocycles. The number of carboxylic acids is 1. The molecule has 0 bridgehead atoms. The van der Waals surface area contributed by atoms with Gasteiger partial charge in [0.05, 0.1) is 5.69 Å². The van der Waals surface area contributed by atoms with Crippen molar-refractivity contribution >= 4 is 17.6 Å². The first-order valence-electron chi connectivity index (χ1n) is 5.88. The molecule has 5 nitrogen and oxygen atoms in total. The van der Waals surface area contributed by atoms with Crippen LogP contribution in [0.1, 0.15) is 10.4 Å². The molecule has 100 valence electrons. The van der Waals surface area contributed by atoms with E-state index >= 15 is 0 Å². The average Bonchev–Trinajstić information content (AvgIpc) is 2.49. The molecule has 0 aliphatic rings. The summed E-state index contributed by atoms with van der Waals surface area (Å²) in [6, 6.07) is 11.9. The number of nitrogens with zero attached hydrogens (tertiary/aromatic N) is 2. The molecule has 20 heavy (non-hydrogen) atoms. The highest BCUT2D eigenvalue weighted by molar-refractivity contribution is 6.07. The van der Waals surface area contributed by atoms with E-state index in [1.54, 1.807) is 42.5 Å². The van der Waals surface area contributed by atoms with Crippen LogP contribution in [-0.2, 0) is 4.79 Å². The minimum absolute atomic E-state index is 0.311. The number of carbonyl (C=O) groups excluding carboxylic acids is 1. The summed E-state index contributed by atoms with van der Waals surface area (Å²) in [4.78, 5) is 28.2. The van der Waals surface area contributed by atoms with Crippen LogP contribution in [0.15, 0.2) is 67.1 Å². The van der Waals surface area contributed by atoms with Crippen molar-refractivity contribution in [2.75, 3.05) is 4.90 Å². The molecule has 0 radical (unpaired) electrons. The van der Waals surface area contributed by atoms with Crippen molar-refractivity contribution in [3.8, 4) is 0 Å². The second kappa shape index (κ2) is 6.29. The molecule has 1 aromatic carbocycles. The van der Waals surface area contributed by atoms with Crippen molar-refractivity contribution in [2.45, 2.75) is 0 Å². The molecule has 0 unspecified atom stereocenters. The Labute approximate surface area is 115 Å². The zero-order valence-corrected chi connectivity index (χ0v) is 10.5. The molecule has 1 N–H and O–H groups in total. The molecule has 5 heteroatoms. The predicted molar refractivity (Wildman–Crippen MR) is 74.3 cm³/mol. The van der Waals surface area contributed by atoms with Gasteiger partial charge < -0.3 is 5.11 Å². The van der Waals surface area contributed by atoms with E-state index in [1.165, 1.54) is 23.5 Å². The van der Waals surface area contributed by atoms with Gasteiger partial charge in [-0.05, 0) is 24.3 Å². The number of anilines is 1. The van der Waals surface area contributed by atoms with Crippen molar-refractivity contribution in [2.24, 2.45) is 0 Å². The molecule has 0 aliphatic heterocycles. The molecular formula is C15H12N2O3. The van der Waals surface area contributed by atoms with Gasteiger partial charge in [0.1, 0.15) is 0 Å². The Morgan fingerprint density at radius 2 is 1.70 bits per heavy atom. The SMILES string of the molecule is O=C(O)/C=C/N(C(=O)c1ccccc1)c1ccncc1. The second-order valence-corrected chi connectivity index (χ2v) is 3.90. The van der Waals surface area contributed by atoms with Crippen molar-refractivity contribution in [1.29, 1.82) is 0 Å². The summed E-state index contributed by atoms with van der Waals surface area (Å²) < 4.78 is 0. The Morgan fingerprint density at radius 3 is 2.30 bits per heavy atom. The minimum Gasteiger partial charge on any atom is -0.478 e. The van der Waals surface area contributed by atoms with E-state index in [4.69, 9.17) is 5.11 Å². The Hall–Kier alpha value is -2.95. The smallest absolute Gasteiger partial charge is 0.329 e. The lowest BCUT2D eigenvalue weighted by atomic mass is 10.2. The molecule has 2 aromatic rings. The van der Waals surface area contributed by atoms with E-state index in [0.717, 1.165) is 6.08 Å². The van der Waals surface area contributed by atoms with E-state index in [2.05, 4.69) is 4.98 Å². The molecule has 1 aromatic heterocycles. The van der Waals surface area contributed by atoms with Crippen molar-refractivity contribution < 1.29 is 14.7 Å². The Bertz CT molecular complexity index is 624. The summed E-state index contributed by atoms with van der Waals surface area (Å²) in [6.07, 6.45) is 5.22. The second-order valence-electron chi connectivity index (χ2n) is 3.90. The number of carboxylic acid groups (broad SMARTS) is 1. The lowest BCUT2D eigenvalue weighted by molar-refractivity contribution is -0.131. The summed E-state index contributed by atoms with van der Waals surface area (Å²) >= 11 is 0. The molecule has 0 fully saturated rings. The zero-order valence-electron chi connectivity index (χ0n) is 10.5. The van der Waals surface area contributed by atoms with Crippen LogP contribution in [-0.4, -0.2) is 22.0 Å². The van der Waals surface area contributed by atoms with Crippen molar-refractivity contribution in [3.05, 3.63) is 72.7 Å². The maximum absolute atomic E-state index is 12.4. The normalized spacial score (nSPS) is 10.4. The number of aromatic nitrogens is 1. The summed E-state index contributed by atoms with van der Waals surface area (Å²) in [6.45, 7) is 0. The van der Waals surface area contributed by atoms with Crippen LogP contribution in [0.5, 0.6) is 0 Å². The average molecular weight is 268 g/mol. The van der Waals surface area contributed by atoms with E-state index in [9.17, 15) is 9.59 Å². The maximum atomic E-state index is 12.4. The Kier molecular flexibility index (Phi) is 4.24. The number of hydrogen-bond donors (Lipinski definition) is 1. The van der Waals surface area contributed by atoms with Gasteiger partial charge in [0.2, 0.25) is 0 Å². The first-order valence-corrected chi connectivity index (χ1v) is 5.88. The van der Waals surface area contributed by atoms with Gasteiger partial charge in [-0.25, -0.2) is 4.79 Å². The van der Waals surface area contributed by atoms with Gasteiger partial charge in [-0.15, -0.1) is 0 Å². The maximum Gasteiger partial charge on any atom is 0.329 e. The third-order valence-corrected chi connectivity index (χ3v) is 2.55. The highest BCUT2D eigenvalue weighted by Crippen LogP contribution is 2.16. The first kappa shape index (κ1) is 13.5. The Morgan fingerprint density at radius 1 is 1.05 bits per heavy atom. The van der Waals surface area contributed by atoms with Crippen molar-refractivity contribution in [3.63, 3.8) is 0 Å². The molecule has 2 rings (SSSR count). The van der Waals surface area contributed by atoms with Gasteiger partial charge in [0.25, 0.3) is 5.91 Å². The lowest BCUT2D eigenvalue weighted by Crippen LogP contribution is -2.25. The highest BCUT2D eigenvalue weighted by Gasteiger charge is 2.15. The van der Waals surface area contributed by atoms with E-state index < -0.39 is 5.97 Å². The first-order chi connectivity index (χ1) is 9.68. The topological polar surface area (TPSA) is 70.5 Å². The highest BCUT2D eigenvalue weighted by atomic mass is 16.4. The number of pyridine rings is 1. The van der Waals surface area contributed by atoms with Gasteiger partial charge in [0.15, 0.2) is 0 Å². The van der Waals surface area contributed by atoms with Gasteiger partial charge in [-0.1, -0.05) is 18.2 Å². The molecule has 0 saturated heterocycles. The number of hydrogen-bond acceptors (Lipinski definition) is 3. The van der Waals surface area contributed by atoms with Crippen LogP contribution in [0.3, 0.4) is 0 Å². The number of rotatable bonds is 4. The predicted octanol–water partition coefficient (Wildman–Crippen LogP) is 2.33. The third kappa shape index (κ3) is 3.29. The van der Waals surface area contributed by atoms with Crippen LogP contribution in [0, 0.1) is 0 Å². The minimum atomic E-state index is -1.12. The number of aliphatic carboxylic acids is 1. The van der Waals surface area contributed by atoms with Crippen LogP contribution < -0.4 is 4.90 Å².